The summed E-state index contributed by atoms with van der Waals surface area (Å²) in [5.41, 5.74) is 3.87. The largest absolute Gasteiger partial charge is 0.446 e. The Morgan fingerprint density at radius 1 is 1.05 bits per heavy atom. The molecule has 92 valence electrons. The monoisotopic (exact) mass is 250 g/mol. The number of aromatic nitrogens is 2. The highest BCUT2D eigenvalue weighted by atomic mass is 16.3. The van der Waals surface area contributed by atoms with Gasteiger partial charge in [0.05, 0.1) is 0 Å². The summed E-state index contributed by atoms with van der Waals surface area (Å²) >= 11 is 0. The molecule has 0 saturated carbocycles. The van der Waals surface area contributed by atoms with E-state index in [4.69, 9.17) is 4.42 Å². The van der Waals surface area contributed by atoms with Crippen LogP contribution in [0.25, 0.3) is 27.9 Å². The number of hydrogen-bond donors (Lipinski definition) is 1. The van der Waals surface area contributed by atoms with Gasteiger partial charge in [-0.15, -0.1) is 0 Å². The van der Waals surface area contributed by atoms with E-state index >= 15 is 0 Å². The van der Waals surface area contributed by atoms with Gasteiger partial charge in [0, 0.05) is 11.8 Å². The normalized spacial score (nSPS) is 11.4. The van der Waals surface area contributed by atoms with Crippen molar-refractivity contribution < 1.29 is 4.42 Å². The van der Waals surface area contributed by atoms with Crippen molar-refractivity contribution in [3.63, 3.8) is 0 Å². The molecule has 0 aliphatic carbocycles. The Morgan fingerprint density at radius 2 is 1.89 bits per heavy atom. The predicted octanol–water partition coefficient (Wildman–Crippen LogP) is 3.04. The topological polar surface area (TPSA) is 50.4 Å². The summed E-state index contributed by atoms with van der Waals surface area (Å²) in [6.07, 6.45) is 3.55. The van der Waals surface area contributed by atoms with Gasteiger partial charge in [-0.3, -0.25) is 9.78 Å². The first-order chi connectivity index (χ1) is 9.34. The molecule has 0 unspecified atom stereocenters. The van der Waals surface area contributed by atoms with Crippen LogP contribution in [0.15, 0.2) is 64.1 Å². The molecule has 4 aromatic rings. The van der Waals surface area contributed by atoms with Gasteiger partial charge in [0.1, 0.15) is 17.3 Å². The third kappa shape index (κ3) is 1.37. The number of aromatic amines is 1. The second-order valence-corrected chi connectivity index (χ2v) is 4.41. The molecule has 1 aromatic carbocycles. The van der Waals surface area contributed by atoms with Crippen LogP contribution in [-0.4, -0.2) is 9.38 Å². The molecular weight excluding hydrogens is 240 g/mol. The van der Waals surface area contributed by atoms with Gasteiger partial charge in [-0.2, -0.15) is 0 Å². The molecule has 3 aromatic heterocycles. The maximum atomic E-state index is 11.9. The second kappa shape index (κ2) is 3.62. The molecule has 0 amide bonds. The molecule has 0 radical (unpaired) electrons. The number of nitrogens with zero attached hydrogens (tertiary/aromatic N) is 1. The van der Waals surface area contributed by atoms with E-state index in [1.807, 2.05) is 47.0 Å². The number of fused-ring (bicyclic) bond motifs is 3. The molecule has 0 saturated heterocycles. The zero-order valence-corrected chi connectivity index (χ0v) is 9.96. The van der Waals surface area contributed by atoms with Crippen LogP contribution in [0.5, 0.6) is 0 Å². The lowest BCUT2D eigenvalue weighted by atomic mass is 10.1. The van der Waals surface area contributed by atoms with E-state index in [1.165, 1.54) is 0 Å². The zero-order chi connectivity index (χ0) is 12.8. The fourth-order valence-electron chi connectivity index (χ4n) is 2.43. The molecule has 0 bridgehead atoms. The van der Waals surface area contributed by atoms with Crippen LogP contribution < -0.4 is 5.56 Å². The second-order valence-electron chi connectivity index (χ2n) is 4.41. The number of furan rings is 1. The maximum absolute atomic E-state index is 11.9. The first-order valence-corrected chi connectivity index (χ1v) is 6.00. The number of hydrogen-bond acceptors (Lipinski definition) is 2. The van der Waals surface area contributed by atoms with E-state index in [0.717, 1.165) is 16.6 Å². The molecule has 0 fully saturated rings. The lowest BCUT2D eigenvalue weighted by Gasteiger charge is -2.01. The van der Waals surface area contributed by atoms with Gasteiger partial charge in [0.15, 0.2) is 0 Å². The molecule has 0 aliphatic heterocycles. The highest BCUT2D eigenvalue weighted by molar-refractivity contribution is 5.90. The Labute approximate surface area is 107 Å². The van der Waals surface area contributed by atoms with Gasteiger partial charge < -0.3 is 8.82 Å². The Hall–Kier alpha value is -2.75. The Kier molecular flexibility index (Phi) is 1.94. The van der Waals surface area contributed by atoms with Crippen LogP contribution in [0.3, 0.4) is 0 Å². The third-order valence-corrected chi connectivity index (χ3v) is 3.30. The minimum Gasteiger partial charge on any atom is -0.446 e. The summed E-state index contributed by atoms with van der Waals surface area (Å²) in [4.78, 5) is 14.6. The standard InChI is InChI=1S/C15H10N2O2/c18-14-12-7-4-8-17(12)13-11(9-19-15(13)16-14)10-5-2-1-3-6-10/h1-9H,(H,16,18). The first kappa shape index (κ1) is 10.2. The average Bonchev–Trinajstić information content (AvgIpc) is 3.05. The fraction of sp³-hybridized carbons (Fsp3) is 0. The van der Waals surface area contributed by atoms with Crippen LogP contribution in [0, 0.1) is 0 Å². The Morgan fingerprint density at radius 3 is 2.74 bits per heavy atom. The predicted molar refractivity (Wildman–Crippen MR) is 73.2 cm³/mol. The highest BCUT2D eigenvalue weighted by Crippen LogP contribution is 2.29. The summed E-state index contributed by atoms with van der Waals surface area (Å²) in [7, 11) is 0. The Balaban J connectivity index is 2.19. The molecule has 1 N–H and O–H groups in total. The zero-order valence-electron chi connectivity index (χ0n) is 9.96. The SMILES string of the molecule is O=c1[nH]c2occ(-c3ccccc3)c2n2cccc12. The number of nitrogens with one attached hydrogen (secondary N) is 1. The van der Waals surface area contributed by atoms with E-state index in [0.29, 0.717) is 11.2 Å². The molecule has 4 heteroatoms. The summed E-state index contributed by atoms with van der Waals surface area (Å²) in [5, 5.41) is 0. The first-order valence-electron chi connectivity index (χ1n) is 6.00. The molecule has 19 heavy (non-hydrogen) atoms. The van der Waals surface area contributed by atoms with Crippen LogP contribution in [0.1, 0.15) is 0 Å². The van der Waals surface area contributed by atoms with Crippen molar-refractivity contribution in [3.05, 3.63) is 65.3 Å². The molecule has 0 spiro atoms. The maximum Gasteiger partial charge on any atom is 0.275 e. The summed E-state index contributed by atoms with van der Waals surface area (Å²) in [6, 6.07) is 13.6. The van der Waals surface area contributed by atoms with Gasteiger partial charge >= 0.3 is 0 Å². The van der Waals surface area contributed by atoms with Crippen LogP contribution in [0.4, 0.5) is 0 Å². The van der Waals surface area contributed by atoms with Crippen LogP contribution in [-0.2, 0) is 0 Å². The van der Waals surface area contributed by atoms with Gasteiger partial charge in [0.25, 0.3) is 5.56 Å². The smallest absolute Gasteiger partial charge is 0.275 e. The average molecular weight is 250 g/mol. The summed E-state index contributed by atoms with van der Waals surface area (Å²) < 4.78 is 7.35. The molecule has 4 nitrogen and oxygen atoms in total. The van der Waals surface area contributed by atoms with E-state index in [-0.39, 0.29) is 5.56 Å². The lowest BCUT2D eigenvalue weighted by molar-refractivity contribution is 0.602. The third-order valence-electron chi connectivity index (χ3n) is 3.30. The highest BCUT2D eigenvalue weighted by Gasteiger charge is 2.13. The minimum absolute atomic E-state index is 0.147. The van der Waals surface area contributed by atoms with Crippen molar-refractivity contribution in [1.29, 1.82) is 0 Å². The Bertz CT molecular complexity index is 929. The van der Waals surface area contributed by atoms with Crippen molar-refractivity contribution in [2.45, 2.75) is 0 Å². The van der Waals surface area contributed by atoms with Crippen LogP contribution >= 0.6 is 0 Å². The summed E-state index contributed by atoms with van der Waals surface area (Å²) in [5.74, 6) is 0. The van der Waals surface area contributed by atoms with Gasteiger partial charge in [-0.05, 0) is 17.7 Å². The van der Waals surface area contributed by atoms with Gasteiger partial charge in [0.2, 0.25) is 5.71 Å². The summed E-state index contributed by atoms with van der Waals surface area (Å²) in [6.45, 7) is 0. The minimum atomic E-state index is -0.147. The number of H-pyrrole nitrogens is 1. The van der Waals surface area contributed by atoms with E-state index < -0.39 is 0 Å². The van der Waals surface area contributed by atoms with Crippen molar-refractivity contribution in [1.82, 2.24) is 9.38 Å². The van der Waals surface area contributed by atoms with E-state index in [2.05, 4.69) is 4.98 Å². The molecule has 3 heterocycles. The molecule has 0 atom stereocenters. The fourth-order valence-corrected chi connectivity index (χ4v) is 2.43. The van der Waals surface area contributed by atoms with Crippen molar-refractivity contribution >= 4 is 16.7 Å². The van der Waals surface area contributed by atoms with Gasteiger partial charge in [-0.1, -0.05) is 30.3 Å². The quantitative estimate of drug-likeness (QED) is 0.564. The molecule has 0 aliphatic rings. The molecular formula is C15H10N2O2. The van der Waals surface area contributed by atoms with Crippen molar-refractivity contribution in [2.75, 3.05) is 0 Å². The number of rotatable bonds is 1. The number of benzene rings is 1. The van der Waals surface area contributed by atoms with Crippen LogP contribution in [0.2, 0.25) is 0 Å². The van der Waals surface area contributed by atoms with E-state index in [9.17, 15) is 4.79 Å². The van der Waals surface area contributed by atoms with Crippen molar-refractivity contribution in [2.24, 2.45) is 0 Å². The lowest BCUT2D eigenvalue weighted by Crippen LogP contribution is -2.08. The van der Waals surface area contributed by atoms with E-state index in [1.54, 1.807) is 12.3 Å². The van der Waals surface area contributed by atoms with Crippen molar-refractivity contribution in [3.8, 4) is 11.1 Å². The van der Waals surface area contributed by atoms with Gasteiger partial charge in [-0.25, -0.2) is 0 Å². The molecule has 4 rings (SSSR count).